The number of nitrogen functional groups attached to an aromatic ring is 1. The third-order valence-electron chi connectivity index (χ3n) is 1.89. The van der Waals surface area contributed by atoms with Crippen molar-refractivity contribution in [3.63, 3.8) is 0 Å². The molecule has 0 saturated carbocycles. The minimum Gasteiger partial charge on any atom is -0.394 e. The molecule has 0 aliphatic rings. The molecule has 0 unspecified atom stereocenters. The van der Waals surface area contributed by atoms with E-state index in [1.54, 1.807) is 18.5 Å². The van der Waals surface area contributed by atoms with Crippen LogP contribution in [0.25, 0.3) is 11.3 Å². The standard InChI is InChI=1S/C10H9N3O/c11-8-5-7(6-13-10(8)14)9-3-1-2-4-12-9/h1-6H,11H2,(H,13,14). The van der Waals surface area contributed by atoms with Crippen molar-refractivity contribution in [2.45, 2.75) is 0 Å². The molecule has 3 N–H and O–H groups in total. The molecular weight excluding hydrogens is 178 g/mol. The van der Waals surface area contributed by atoms with Crippen LogP contribution in [0, 0.1) is 0 Å². The number of pyridine rings is 2. The normalized spacial score (nSPS) is 10.0. The zero-order valence-corrected chi connectivity index (χ0v) is 7.40. The summed E-state index contributed by atoms with van der Waals surface area (Å²) in [4.78, 5) is 17.7. The third-order valence-corrected chi connectivity index (χ3v) is 1.89. The summed E-state index contributed by atoms with van der Waals surface area (Å²) in [5.41, 5.74) is 7.01. The molecule has 4 nitrogen and oxygen atoms in total. The van der Waals surface area contributed by atoms with Crippen molar-refractivity contribution in [1.82, 2.24) is 9.97 Å². The van der Waals surface area contributed by atoms with Crippen molar-refractivity contribution < 1.29 is 0 Å². The number of aromatic nitrogens is 2. The Kier molecular flexibility index (Phi) is 2.02. The zero-order chi connectivity index (χ0) is 9.97. The average Bonchev–Trinajstić information content (AvgIpc) is 2.23. The fourth-order valence-corrected chi connectivity index (χ4v) is 1.18. The van der Waals surface area contributed by atoms with Crippen molar-refractivity contribution in [1.29, 1.82) is 0 Å². The first-order chi connectivity index (χ1) is 6.77. The van der Waals surface area contributed by atoms with Crippen molar-refractivity contribution in [3.05, 3.63) is 47.0 Å². The molecule has 0 atom stereocenters. The number of aromatic amines is 1. The molecule has 0 aromatic carbocycles. The Balaban J connectivity index is 2.54. The van der Waals surface area contributed by atoms with Crippen molar-refractivity contribution >= 4 is 5.69 Å². The molecule has 0 saturated heterocycles. The van der Waals surface area contributed by atoms with Crippen molar-refractivity contribution in [2.24, 2.45) is 0 Å². The molecule has 2 aromatic rings. The zero-order valence-electron chi connectivity index (χ0n) is 7.40. The molecule has 0 spiro atoms. The number of hydrogen-bond acceptors (Lipinski definition) is 3. The summed E-state index contributed by atoms with van der Waals surface area (Å²) in [6.07, 6.45) is 3.29. The second-order valence-electron chi connectivity index (χ2n) is 2.89. The fraction of sp³-hybridized carbons (Fsp3) is 0. The Morgan fingerprint density at radius 2 is 2.21 bits per heavy atom. The Morgan fingerprint density at radius 1 is 1.36 bits per heavy atom. The Morgan fingerprint density at radius 3 is 2.86 bits per heavy atom. The minimum absolute atomic E-state index is 0.202. The van der Waals surface area contributed by atoms with Gasteiger partial charge in [-0.25, -0.2) is 0 Å². The lowest BCUT2D eigenvalue weighted by molar-refractivity contribution is 1.23. The van der Waals surface area contributed by atoms with E-state index >= 15 is 0 Å². The molecule has 70 valence electrons. The highest BCUT2D eigenvalue weighted by Gasteiger charge is 2.00. The summed E-state index contributed by atoms with van der Waals surface area (Å²) < 4.78 is 0. The van der Waals surface area contributed by atoms with E-state index in [0.29, 0.717) is 0 Å². The lowest BCUT2D eigenvalue weighted by atomic mass is 10.2. The lowest BCUT2D eigenvalue weighted by Gasteiger charge is -1.99. The number of nitrogens with two attached hydrogens (primary N) is 1. The SMILES string of the molecule is Nc1cc(-c2ccccn2)c[nH]c1=O. The Hall–Kier alpha value is -2.10. The molecule has 0 aliphatic heterocycles. The molecule has 0 amide bonds. The van der Waals surface area contributed by atoms with Gasteiger partial charge in [0.25, 0.3) is 5.56 Å². The first-order valence-corrected chi connectivity index (χ1v) is 4.17. The third kappa shape index (κ3) is 1.50. The minimum atomic E-state index is -0.273. The summed E-state index contributed by atoms with van der Waals surface area (Å²) in [6.45, 7) is 0. The lowest BCUT2D eigenvalue weighted by Crippen LogP contribution is -2.10. The number of nitrogens with one attached hydrogen (secondary N) is 1. The monoisotopic (exact) mass is 187 g/mol. The highest BCUT2D eigenvalue weighted by atomic mass is 16.1. The van der Waals surface area contributed by atoms with Gasteiger partial charge >= 0.3 is 0 Å². The van der Waals surface area contributed by atoms with Gasteiger partial charge in [-0.05, 0) is 18.2 Å². The van der Waals surface area contributed by atoms with E-state index in [4.69, 9.17) is 5.73 Å². The fourth-order valence-electron chi connectivity index (χ4n) is 1.18. The molecule has 0 aliphatic carbocycles. The van der Waals surface area contributed by atoms with Crippen LogP contribution in [0.2, 0.25) is 0 Å². The van der Waals surface area contributed by atoms with Crippen molar-refractivity contribution in [2.75, 3.05) is 5.73 Å². The molecule has 0 radical (unpaired) electrons. The van der Waals surface area contributed by atoms with Gasteiger partial charge in [0, 0.05) is 18.0 Å². The highest BCUT2D eigenvalue weighted by Crippen LogP contribution is 2.14. The van der Waals surface area contributed by atoms with Crippen LogP contribution in [0.3, 0.4) is 0 Å². The number of H-pyrrole nitrogens is 1. The second kappa shape index (κ2) is 3.33. The van der Waals surface area contributed by atoms with Gasteiger partial charge in [-0.15, -0.1) is 0 Å². The highest BCUT2D eigenvalue weighted by molar-refractivity contribution is 5.61. The Bertz CT molecular complexity index is 490. The van der Waals surface area contributed by atoms with Crippen LogP contribution >= 0.6 is 0 Å². The van der Waals surface area contributed by atoms with Crippen LogP contribution < -0.4 is 11.3 Å². The van der Waals surface area contributed by atoms with Crippen LogP contribution in [-0.4, -0.2) is 9.97 Å². The average molecular weight is 187 g/mol. The number of nitrogens with zero attached hydrogens (tertiary/aromatic N) is 1. The van der Waals surface area contributed by atoms with Gasteiger partial charge in [0.15, 0.2) is 0 Å². The number of hydrogen-bond donors (Lipinski definition) is 2. The van der Waals surface area contributed by atoms with Crippen molar-refractivity contribution in [3.8, 4) is 11.3 Å². The van der Waals surface area contributed by atoms with E-state index in [-0.39, 0.29) is 11.2 Å². The number of rotatable bonds is 1. The van der Waals surface area contributed by atoms with E-state index in [1.807, 2.05) is 18.2 Å². The van der Waals surface area contributed by atoms with E-state index in [9.17, 15) is 4.79 Å². The smallest absolute Gasteiger partial charge is 0.271 e. The molecular formula is C10H9N3O. The maximum atomic E-state index is 11.0. The van der Waals surface area contributed by atoms with Crippen LogP contribution in [-0.2, 0) is 0 Å². The summed E-state index contributed by atoms with van der Waals surface area (Å²) >= 11 is 0. The van der Waals surface area contributed by atoms with Crippen LogP contribution in [0.15, 0.2) is 41.5 Å². The van der Waals surface area contributed by atoms with Crippen LogP contribution in [0.4, 0.5) is 5.69 Å². The largest absolute Gasteiger partial charge is 0.394 e. The van der Waals surface area contributed by atoms with Crippen LogP contribution in [0.5, 0.6) is 0 Å². The molecule has 4 heteroatoms. The van der Waals surface area contributed by atoms with Gasteiger partial charge in [0.2, 0.25) is 0 Å². The van der Waals surface area contributed by atoms with Gasteiger partial charge in [-0.1, -0.05) is 6.07 Å². The van der Waals surface area contributed by atoms with E-state index in [2.05, 4.69) is 9.97 Å². The summed E-state index contributed by atoms with van der Waals surface area (Å²) in [7, 11) is 0. The molecule has 0 bridgehead atoms. The molecule has 0 fully saturated rings. The molecule has 14 heavy (non-hydrogen) atoms. The maximum absolute atomic E-state index is 11.0. The molecule has 2 aromatic heterocycles. The first kappa shape index (κ1) is 8.50. The van der Waals surface area contributed by atoms with Crippen LogP contribution in [0.1, 0.15) is 0 Å². The van der Waals surface area contributed by atoms with E-state index < -0.39 is 0 Å². The quantitative estimate of drug-likeness (QED) is 0.700. The van der Waals surface area contributed by atoms with Gasteiger partial charge in [0.05, 0.1) is 11.4 Å². The van der Waals surface area contributed by atoms with Gasteiger partial charge in [-0.2, -0.15) is 0 Å². The Labute approximate surface area is 80.4 Å². The van der Waals surface area contributed by atoms with Gasteiger partial charge in [-0.3, -0.25) is 9.78 Å². The topological polar surface area (TPSA) is 71.8 Å². The predicted octanol–water partition coefficient (Wildman–Crippen LogP) is 1.02. The molecule has 2 rings (SSSR count). The maximum Gasteiger partial charge on any atom is 0.271 e. The van der Waals surface area contributed by atoms with Gasteiger partial charge < -0.3 is 10.7 Å². The summed E-state index contributed by atoms with van der Waals surface area (Å²) in [6, 6.07) is 7.18. The summed E-state index contributed by atoms with van der Waals surface area (Å²) in [5.74, 6) is 0. The van der Waals surface area contributed by atoms with Gasteiger partial charge in [0.1, 0.15) is 0 Å². The summed E-state index contributed by atoms with van der Waals surface area (Å²) in [5, 5.41) is 0. The number of anilines is 1. The first-order valence-electron chi connectivity index (χ1n) is 4.17. The molecule has 2 heterocycles. The predicted molar refractivity (Wildman–Crippen MR) is 54.7 cm³/mol. The second-order valence-corrected chi connectivity index (χ2v) is 2.89. The van der Waals surface area contributed by atoms with E-state index in [1.165, 1.54) is 0 Å². The van der Waals surface area contributed by atoms with E-state index in [0.717, 1.165) is 11.3 Å².